The molecule has 0 spiro atoms. The summed E-state index contributed by atoms with van der Waals surface area (Å²) in [5.41, 5.74) is 4.99. The minimum Gasteiger partial charge on any atom is -0.355 e. The number of allylic oxidation sites excluding steroid dienone is 7. The maximum atomic E-state index is 14.8. The average molecular weight is 519 g/mol. The molecule has 1 aromatic rings. The Morgan fingerprint density at radius 2 is 1.81 bits per heavy atom. The SMILES string of the molecule is CCC(=N)C(C)(C)S(=O)(=O)CC(C)c1cc(NC(=C2CC2)/C(C)=C/C=C(/F)C=C(C)CC)ccc1F. The van der Waals surface area contributed by atoms with E-state index in [0.717, 1.165) is 36.1 Å². The van der Waals surface area contributed by atoms with Gasteiger partial charge >= 0.3 is 0 Å². The van der Waals surface area contributed by atoms with Gasteiger partial charge in [-0.3, -0.25) is 0 Å². The first kappa shape index (κ1) is 29.7. The zero-order valence-electron chi connectivity index (χ0n) is 22.6. The third-order valence-electron chi connectivity index (χ3n) is 6.81. The molecule has 7 heteroatoms. The van der Waals surface area contributed by atoms with Crippen LogP contribution >= 0.6 is 0 Å². The van der Waals surface area contributed by atoms with E-state index in [-0.39, 0.29) is 17.3 Å². The van der Waals surface area contributed by atoms with Gasteiger partial charge in [-0.2, -0.15) is 0 Å². The summed E-state index contributed by atoms with van der Waals surface area (Å²) in [6, 6.07) is 4.61. The van der Waals surface area contributed by atoms with Gasteiger partial charge in [-0.25, -0.2) is 17.2 Å². The third kappa shape index (κ3) is 7.48. The number of halogens is 2. The summed E-state index contributed by atoms with van der Waals surface area (Å²) in [6.45, 7) is 12.3. The van der Waals surface area contributed by atoms with Crippen LogP contribution in [0.5, 0.6) is 0 Å². The Kier molecular flexibility index (Phi) is 10.0. The van der Waals surface area contributed by atoms with Crippen LogP contribution in [-0.2, 0) is 9.84 Å². The first-order valence-electron chi connectivity index (χ1n) is 12.5. The second-order valence-electron chi connectivity index (χ2n) is 10.1. The third-order valence-corrected chi connectivity index (χ3v) is 9.55. The Balaban J connectivity index is 2.30. The van der Waals surface area contributed by atoms with Crippen molar-refractivity contribution < 1.29 is 17.2 Å². The maximum absolute atomic E-state index is 14.8. The highest BCUT2D eigenvalue weighted by molar-refractivity contribution is 7.93. The fraction of sp³-hybridized carbons (Fsp3) is 0.483. The number of rotatable bonds is 12. The molecule has 0 saturated heterocycles. The van der Waals surface area contributed by atoms with Gasteiger partial charge < -0.3 is 10.7 Å². The van der Waals surface area contributed by atoms with Crippen molar-refractivity contribution in [1.82, 2.24) is 0 Å². The molecule has 2 N–H and O–H groups in total. The van der Waals surface area contributed by atoms with Crippen LogP contribution in [0.15, 0.2) is 64.7 Å². The van der Waals surface area contributed by atoms with E-state index in [4.69, 9.17) is 5.41 Å². The van der Waals surface area contributed by atoms with Crippen molar-refractivity contribution in [1.29, 1.82) is 5.41 Å². The minimum atomic E-state index is -3.69. The lowest BCUT2D eigenvalue weighted by Crippen LogP contribution is -2.42. The van der Waals surface area contributed by atoms with E-state index in [0.29, 0.717) is 17.7 Å². The maximum Gasteiger partial charge on any atom is 0.161 e. The first-order chi connectivity index (χ1) is 16.7. The number of hydrogen-bond donors (Lipinski definition) is 2. The molecule has 0 heterocycles. The number of nitrogens with one attached hydrogen (secondary N) is 2. The Bertz CT molecular complexity index is 1220. The molecule has 1 aliphatic rings. The minimum absolute atomic E-state index is 0.138. The van der Waals surface area contributed by atoms with Crippen LogP contribution in [0.4, 0.5) is 14.5 Å². The van der Waals surface area contributed by atoms with E-state index in [2.05, 4.69) is 5.32 Å². The molecule has 198 valence electrons. The van der Waals surface area contributed by atoms with Crippen LogP contribution in [0.2, 0.25) is 0 Å². The second-order valence-corrected chi connectivity index (χ2v) is 12.7. The van der Waals surface area contributed by atoms with Gasteiger partial charge in [-0.15, -0.1) is 0 Å². The summed E-state index contributed by atoms with van der Waals surface area (Å²) in [6.07, 6.45) is 7.69. The van der Waals surface area contributed by atoms with Crippen molar-refractivity contribution in [2.45, 2.75) is 84.8 Å². The van der Waals surface area contributed by atoms with E-state index in [9.17, 15) is 17.2 Å². The number of anilines is 1. The summed E-state index contributed by atoms with van der Waals surface area (Å²) in [4.78, 5) is 0. The summed E-state index contributed by atoms with van der Waals surface area (Å²) in [5.74, 6) is -1.64. The van der Waals surface area contributed by atoms with E-state index >= 15 is 0 Å². The lowest BCUT2D eigenvalue weighted by molar-refractivity contribution is 0.564. The van der Waals surface area contributed by atoms with E-state index in [1.165, 1.54) is 37.6 Å². The molecule has 0 radical (unpaired) electrons. The Morgan fingerprint density at radius 1 is 1.17 bits per heavy atom. The van der Waals surface area contributed by atoms with Gasteiger partial charge in [0.2, 0.25) is 0 Å². The molecule has 4 nitrogen and oxygen atoms in total. The smallest absolute Gasteiger partial charge is 0.161 e. The van der Waals surface area contributed by atoms with Crippen molar-refractivity contribution in [3.05, 3.63) is 76.1 Å². The molecule has 2 rings (SSSR count). The Morgan fingerprint density at radius 3 is 2.36 bits per heavy atom. The van der Waals surface area contributed by atoms with Gasteiger partial charge in [0.05, 0.1) is 5.75 Å². The van der Waals surface area contributed by atoms with Crippen molar-refractivity contribution in [3.63, 3.8) is 0 Å². The standard InChI is InChI=1S/C29H40F2N2O2S/c1-8-19(3)16-23(30)13-10-20(4)28(22-11-12-22)33-24-14-15-26(31)25(17-24)21(5)18-36(34,35)29(6,7)27(32)9-2/h10,13-17,21,32-33H,8-9,11-12,18H2,1-7H3/b19-16?,20-10+,23-13+,32-27?. The van der Waals surface area contributed by atoms with Crippen LogP contribution in [-0.4, -0.2) is 24.6 Å². The fourth-order valence-corrected chi connectivity index (χ4v) is 5.61. The largest absolute Gasteiger partial charge is 0.355 e. The molecule has 0 aromatic heterocycles. The number of benzene rings is 1. The van der Waals surface area contributed by atoms with Crippen LogP contribution in [0, 0.1) is 11.2 Å². The van der Waals surface area contributed by atoms with Gasteiger partial charge in [-0.1, -0.05) is 32.4 Å². The van der Waals surface area contributed by atoms with E-state index in [1.54, 1.807) is 32.1 Å². The molecule has 0 aliphatic heterocycles. The average Bonchev–Trinajstić information content (AvgIpc) is 3.65. The van der Waals surface area contributed by atoms with Gasteiger partial charge in [0.1, 0.15) is 16.4 Å². The predicted molar refractivity (Wildman–Crippen MR) is 148 cm³/mol. The monoisotopic (exact) mass is 518 g/mol. The van der Waals surface area contributed by atoms with Crippen molar-refractivity contribution in [3.8, 4) is 0 Å². The fourth-order valence-electron chi connectivity index (χ4n) is 3.84. The van der Waals surface area contributed by atoms with Gasteiger partial charge in [0.25, 0.3) is 0 Å². The molecule has 0 bridgehead atoms. The molecule has 1 unspecified atom stereocenters. The summed E-state index contributed by atoms with van der Waals surface area (Å²) in [5, 5.41) is 11.4. The molecule has 1 saturated carbocycles. The lowest BCUT2D eigenvalue weighted by atomic mass is 10.0. The van der Waals surface area contributed by atoms with E-state index in [1.807, 2.05) is 20.8 Å². The zero-order chi connectivity index (χ0) is 27.3. The number of hydrogen-bond acceptors (Lipinski definition) is 4. The lowest BCUT2D eigenvalue weighted by Gasteiger charge is -2.27. The van der Waals surface area contributed by atoms with Crippen LogP contribution in [0.3, 0.4) is 0 Å². The normalized spacial score (nSPS) is 16.1. The van der Waals surface area contributed by atoms with Crippen molar-refractivity contribution in [2.24, 2.45) is 0 Å². The second kappa shape index (κ2) is 12.1. The first-order valence-corrected chi connectivity index (χ1v) is 14.2. The molecule has 36 heavy (non-hydrogen) atoms. The highest BCUT2D eigenvalue weighted by Gasteiger charge is 2.38. The van der Waals surface area contributed by atoms with Crippen LogP contribution in [0.25, 0.3) is 0 Å². The highest BCUT2D eigenvalue weighted by atomic mass is 32.2. The van der Waals surface area contributed by atoms with Crippen LogP contribution in [0.1, 0.15) is 85.6 Å². The Hall–Kier alpha value is -2.54. The Labute approximate surface area is 215 Å². The topological polar surface area (TPSA) is 70.0 Å². The van der Waals surface area contributed by atoms with Gasteiger partial charge in [0.15, 0.2) is 9.84 Å². The van der Waals surface area contributed by atoms with Crippen molar-refractivity contribution >= 4 is 21.2 Å². The van der Waals surface area contributed by atoms with Crippen molar-refractivity contribution in [2.75, 3.05) is 11.1 Å². The summed E-state index contributed by atoms with van der Waals surface area (Å²) in [7, 11) is -3.69. The zero-order valence-corrected chi connectivity index (χ0v) is 23.4. The molecule has 1 aromatic carbocycles. The molecular weight excluding hydrogens is 478 g/mol. The quantitative estimate of drug-likeness (QED) is 0.217. The molecule has 1 fully saturated rings. The highest BCUT2D eigenvalue weighted by Crippen LogP contribution is 2.36. The van der Waals surface area contributed by atoms with E-state index < -0.39 is 26.3 Å². The summed E-state index contributed by atoms with van der Waals surface area (Å²) >= 11 is 0. The molecular formula is C29H40F2N2O2S. The number of sulfone groups is 1. The molecule has 0 amide bonds. The predicted octanol–water partition coefficient (Wildman–Crippen LogP) is 8.17. The molecule has 1 atom stereocenters. The summed E-state index contributed by atoms with van der Waals surface area (Å²) < 4.78 is 53.8. The van der Waals surface area contributed by atoms with Crippen LogP contribution < -0.4 is 5.32 Å². The van der Waals surface area contributed by atoms with Gasteiger partial charge in [-0.05, 0) is 106 Å². The van der Waals surface area contributed by atoms with Gasteiger partial charge in [0, 0.05) is 17.1 Å². The molecule has 1 aliphatic carbocycles.